The van der Waals surface area contributed by atoms with Crippen LogP contribution in [0, 0.1) is 0 Å². The van der Waals surface area contributed by atoms with Crippen molar-refractivity contribution in [2.45, 2.75) is 24.1 Å². The summed E-state index contributed by atoms with van der Waals surface area (Å²) in [6.07, 6.45) is 1.86. The van der Waals surface area contributed by atoms with Crippen LogP contribution >= 0.6 is 11.6 Å². The molecule has 116 valence electrons. The van der Waals surface area contributed by atoms with Crippen molar-refractivity contribution in [2.24, 2.45) is 0 Å². The van der Waals surface area contributed by atoms with Gasteiger partial charge in [0.05, 0.1) is 12.6 Å². The number of nitrogens with zero attached hydrogens (tertiary/aromatic N) is 2. The first kappa shape index (κ1) is 15.2. The Labute approximate surface area is 130 Å². The van der Waals surface area contributed by atoms with Crippen LogP contribution in [0.4, 0.5) is 0 Å². The molecule has 7 heteroatoms. The van der Waals surface area contributed by atoms with E-state index in [1.165, 1.54) is 0 Å². The smallest absolute Gasteiger partial charge is 0.221 e. The molecule has 5 nitrogen and oxygen atoms in total. The van der Waals surface area contributed by atoms with Crippen LogP contribution in [0.2, 0.25) is 5.02 Å². The summed E-state index contributed by atoms with van der Waals surface area (Å²) in [4.78, 5) is 5.50. The zero-order valence-corrected chi connectivity index (χ0v) is 13.5. The zero-order chi connectivity index (χ0) is 15.0. The van der Waals surface area contributed by atoms with Crippen LogP contribution < -0.4 is 0 Å². The molecule has 2 atom stereocenters. The van der Waals surface area contributed by atoms with Gasteiger partial charge in [-0.25, -0.2) is 12.7 Å². The number of hydrogen-bond donors (Lipinski definition) is 0. The van der Waals surface area contributed by atoms with Crippen molar-refractivity contribution in [2.75, 3.05) is 26.7 Å². The number of benzene rings is 1. The molecule has 0 aliphatic carbocycles. The summed E-state index contributed by atoms with van der Waals surface area (Å²) in [5, 5.41) is 1.57. The van der Waals surface area contributed by atoms with Gasteiger partial charge in [0.2, 0.25) is 10.0 Å². The second kappa shape index (κ2) is 5.85. The lowest BCUT2D eigenvalue weighted by Gasteiger charge is -2.26. The summed E-state index contributed by atoms with van der Waals surface area (Å²) >= 11 is 6.25. The average molecular weight is 331 g/mol. The van der Waals surface area contributed by atoms with Crippen LogP contribution in [0.15, 0.2) is 24.3 Å². The highest BCUT2D eigenvalue weighted by atomic mass is 35.5. The predicted molar refractivity (Wildman–Crippen MR) is 81.4 cm³/mol. The molecule has 0 N–H and O–H groups in total. The molecule has 0 aromatic heterocycles. The number of rotatable bonds is 3. The van der Waals surface area contributed by atoms with E-state index in [-0.39, 0.29) is 12.6 Å². The van der Waals surface area contributed by atoms with Crippen LogP contribution in [0.25, 0.3) is 0 Å². The normalized spacial score (nSPS) is 28.3. The molecule has 2 heterocycles. The SMILES string of the molecule is CN1OCC(S(=O)(=O)N2CCCC2)C1c1ccccc1Cl. The van der Waals surface area contributed by atoms with Crippen LogP contribution in [-0.4, -0.2) is 49.8 Å². The minimum absolute atomic E-state index is 0.172. The summed E-state index contributed by atoms with van der Waals surface area (Å²) in [7, 11) is -1.62. The third kappa shape index (κ3) is 2.71. The van der Waals surface area contributed by atoms with Crippen molar-refractivity contribution in [3.05, 3.63) is 34.9 Å². The van der Waals surface area contributed by atoms with E-state index < -0.39 is 15.3 Å². The molecule has 1 aromatic rings. The molecule has 0 amide bonds. The molecule has 3 rings (SSSR count). The van der Waals surface area contributed by atoms with E-state index in [2.05, 4.69) is 0 Å². The Kier molecular flexibility index (Phi) is 4.25. The van der Waals surface area contributed by atoms with E-state index in [0.29, 0.717) is 18.1 Å². The molecule has 0 radical (unpaired) electrons. The van der Waals surface area contributed by atoms with E-state index in [0.717, 1.165) is 18.4 Å². The molecule has 0 saturated carbocycles. The van der Waals surface area contributed by atoms with Crippen LogP contribution in [0.3, 0.4) is 0 Å². The first-order valence-electron chi connectivity index (χ1n) is 7.11. The topological polar surface area (TPSA) is 49.9 Å². The van der Waals surface area contributed by atoms with Gasteiger partial charge < -0.3 is 0 Å². The predicted octanol–water partition coefficient (Wildman–Crippen LogP) is 2.05. The summed E-state index contributed by atoms with van der Waals surface area (Å²) in [5.74, 6) is 0. The molecular formula is C14H19ClN2O3S. The van der Waals surface area contributed by atoms with E-state index in [1.54, 1.807) is 22.5 Å². The first-order valence-corrected chi connectivity index (χ1v) is 8.99. The van der Waals surface area contributed by atoms with Gasteiger partial charge in [0.25, 0.3) is 0 Å². The van der Waals surface area contributed by atoms with Crippen LogP contribution in [0.5, 0.6) is 0 Å². The molecule has 2 aliphatic heterocycles. The van der Waals surface area contributed by atoms with Gasteiger partial charge in [0.15, 0.2) is 0 Å². The summed E-state index contributed by atoms with van der Waals surface area (Å²) in [6.45, 7) is 1.39. The molecular weight excluding hydrogens is 312 g/mol. The van der Waals surface area contributed by atoms with E-state index in [4.69, 9.17) is 16.4 Å². The van der Waals surface area contributed by atoms with Gasteiger partial charge in [0.1, 0.15) is 5.25 Å². The highest BCUT2D eigenvalue weighted by molar-refractivity contribution is 7.89. The van der Waals surface area contributed by atoms with E-state index in [9.17, 15) is 8.42 Å². The molecule has 2 saturated heterocycles. The maximum absolute atomic E-state index is 12.9. The maximum Gasteiger partial charge on any atom is 0.221 e. The van der Waals surface area contributed by atoms with Crippen molar-refractivity contribution >= 4 is 21.6 Å². The minimum Gasteiger partial charge on any atom is -0.297 e. The molecule has 0 bridgehead atoms. The maximum atomic E-state index is 12.9. The molecule has 2 unspecified atom stereocenters. The fraction of sp³-hybridized carbons (Fsp3) is 0.571. The fourth-order valence-corrected chi connectivity index (χ4v) is 5.36. The van der Waals surface area contributed by atoms with Crippen molar-refractivity contribution in [3.63, 3.8) is 0 Å². The Morgan fingerprint density at radius 3 is 2.57 bits per heavy atom. The number of hydroxylamine groups is 2. The summed E-state index contributed by atoms with van der Waals surface area (Å²) in [6, 6.07) is 6.98. The number of halogens is 1. The van der Waals surface area contributed by atoms with Gasteiger partial charge >= 0.3 is 0 Å². The third-order valence-electron chi connectivity index (χ3n) is 4.22. The van der Waals surface area contributed by atoms with Gasteiger partial charge in [0, 0.05) is 25.2 Å². The van der Waals surface area contributed by atoms with Crippen LogP contribution in [-0.2, 0) is 14.9 Å². The highest BCUT2D eigenvalue weighted by Crippen LogP contribution is 2.38. The Hall–Kier alpha value is -0.660. The van der Waals surface area contributed by atoms with Crippen molar-refractivity contribution < 1.29 is 13.3 Å². The molecule has 2 aliphatic rings. The summed E-state index contributed by atoms with van der Waals surface area (Å²) < 4.78 is 27.3. The van der Waals surface area contributed by atoms with Gasteiger partial charge in [-0.15, -0.1) is 0 Å². The Morgan fingerprint density at radius 1 is 1.24 bits per heavy atom. The largest absolute Gasteiger partial charge is 0.297 e. The molecule has 21 heavy (non-hydrogen) atoms. The number of hydrogen-bond acceptors (Lipinski definition) is 4. The highest BCUT2D eigenvalue weighted by Gasteiger charge is 2.46. The van der Waals surface area contributed by atoms with Crippen molar-refractivity contribution in [1.82, 2.24) is 9.37 Å². The lowest BCUT2D eigenvalue weighted by atomic mass is 10.0. The van der Waals surface area contributed by atoms with Gasteiger partial charge in [-0.3, -0.25) is 4.84 Å². The molecule has 1 aromatic carbocycles. The van der Waals surface area contributed by atoms with E-state index >= 15 is 0 Å². The first-order chi connectivity index (χ1) is 10.0. The standard InChI is InChI=1S/C14H19ClN2O3S/c1-16-14(11-6-2-3-7-12(11)15)13(10-20-16)21(18,19)17-8-4-5-9-17/h2-3,6-7,13-14H,4-5,8-10H2,1H3. The van der Waals surface area contributed by atoms with Gasteiger partial charge in [-0.1, -0.05) is 29.8 Å². The fourth-order valence-electron chi connectivity index (χ4n) is 3.09. The monoisotopic (exact) mass is 330 g/mol. The number of sulfonamides is 1. The quantitative estimate of drug-likeness (QED) is 0.851. The lowest BCUT2D eigenvalue weighted by molar-refractivity contribution is -0.110. The minimum atomic E-state index is -3.38. The second-order valence-electron chi connectivity index (χ2n) is 5.50. The Morgan fingerprint density at radius 2 is 1.90 bits per heavy atom. The Bertz CT molecular complexity index is 616. The third-order valence-corrected chi connectivity index (χ3v) is 6.81. The molecule has 2 fully saturated rings. The second-order valence-corrected chi connectivity index (χ2v) is 8.06. The van der Waals surface area contributed by atoms with E-state index in [1.807, 2.05) is 18.2 Å². The average Bonchev–Trinajstić information content (AvgIpc) is 3.09. The lowest BCUT2D eigenvalue weighted by Crippen LogP contribution is -2.41. The van der Waals surface area contributed by atoms with Crippen molar-refractivity contribution in [3.8, 4) is 0 Å². The molecule has 0 spiro atoms. The Balaban J connectivity index is 1.96. The van der Waals surface area contributed by atoms with Gasteiger partial charge in [-0.05, 0) is 24.5 Å². The zero-order valence-electron chi connectivity index (χ0n) is 11.9. The van der Waals surface area contributed by atoms with Crippen LogP contribution in [0.1, 0.15) is 24.4 Å². The van der Waals surface area contributed by atoms with Crippen molar-refractivity contribution in [1.29, 1.82) is 0 Å². The summed E-state index contributed by atoms with van der Waals surface area (Å²) in [5.41, 5.74) is 0.798. The van der Waals surface area contributed by atoms with Gasteiger partial charge in [-0.2, -0.15) is 5.06 Å².